The first-order valence-corrected chi connectivity index (χ1v) is 8.41. The minimum absolute atomic E-state index is 0.154. The van der Waals surface area contributed by atoms with E-state index in [1.54, 1.807) is 17.2 Å². The van der Waals surface area contributed by atoms with Crippen molar-refractivity contribution in [3.63, 3.8) is 0 Å². The Labute approximate surface area is 144 Å². The van der Waals surface area contributed by atoms with Crippen LogP contribution in [0, 0.1) is 17.6 Å². The molecule has 6 heteroatoms. The molecule has 2 heterocycles. The zero-order valence-corrected chi connectivity index (χ0v) is 14.0. The van der Waals surface area contributed by atoms with E-state index in [-0.39, 0.29) is 17.4 Å². The maximum atomic E-state index is 13.3. The van der Waals surface area contributed by atoms with Crippen LogP contribution in [0.1, 0.15) is 29.3 Å². The van der Waals surface area contributed by atoms with E-state index in [4.69, 9.17) is 0 Å². The van der Waals surface area contributed by atoms with Crippen molar-refractivity contribution in [2.24, 2.45) is 5.92 Å². The summed E-state index contributed by atoms with van der Waals surface area (Å²) in [5, 5.41) is 0. The van der Waals surface area contributed by atoms with Crippen molar-refractivity contribution in [1.29, 1.82) is 0 Å². The molecule has 3 rings (SSSR count). The van der Waals surface area contributed by atoms with Gasteiger partial charge in [-0.3, -0.25) is 9.59 Å². The summed E-state index contributed by atoms with van der Waals surface area (Å²) in [6.07, 6.45) is 2.92. The summed E-state index contributed by atoms with van der Waals surface area (Å²) in [5.74, 6) is -1.19. The Morgan fingerprint density at radius 1 is 1.20 bits per heavy atom. The van der Waals surface area contributed by atoms with Gasteiger partial charge in [0.2, 0.25) is 0 Å². The Kier molecular flexibility index (Phi) is 4.97. The van der Waals surface area contributed by atoms with Crippen LogP contribution in [0.2, 0.25) is 0 Å². The molecule has 1 unspecified atom stereocenters. The Morgan fingerprint density at radius 2 is 1.92 bits per heavy atom. The topological polar surface area (TPSA) is 42.3 Å². The number of hydrogen-bond acceptors (Lipinski definition) is 2. The van der Waals surface area contributed by atoms with Crippen molar-refractivity contribution < 1.29 is 13.6 Å². The van der Waals surface area contributed by atoms with Crippen molar-refractivity contribution >= 4 is 5.91 Å². The van der Waals surface area contributed by atoms with Gasteiger partial charge >= 0.3 is 0 Å². The number of nitrogens with zero attached hydrogens (tertiary/aromatic N) is 2. The van der Waals surface area contributed by atoms with E-state index < -0.39 is 11.6 Å². The molecule has 0 aliphatic carbocycles. The quantitative estimate of drug-likeness (QED) is 0.854. The van der Waals surface area contributed by atoms with Gasteiger partial charge < -0.3 is 9.47 Å². The second kappa shape index (κ2) is 7.17. The summed E-state index contributed by atoms with van der Waals surface area (Å²) >= 11 is 0. The van der Waals surface area contributed by atoms with Crippen LogP contribution < -0.4 is 5.56 Å². The molecule has 1 saturated heterocycles. The molecule has 1 aliphatic rings. The lowest BCUT2D eigenvalue weighted by Crippen LogP contribution is -2.30. The van der Waals surface area contributed by atoms with Gasteiger partial charge in [-0.05, 0) is 49.4 Å². The minimum atomic E-state index is -0.586. The molecule has 1 aliphatic heterocycles. The number of aromatic nitrogens is 1. The molecule has 1 aromatic carbocycles. The monoisotopic (exact) mass is 346 g/mol. The van der Waals surface area contributed by atoms with Crippen LogP contribution >= 0.6 is 0 Å². The number of pyridine rings is 1. The fourth-order valence-electron chi connectivity index (χ4n) is 3.33. The van der Waals surface area contributed by atoms with E-state index in [0.717, 1.165) is 12.5 Å². The van der Waals surface area contributed by atoms with E-state index in [1.165, 1.54) is 22.8 Å². The molecule has 4 nitrogen and oxygen atoms in total. The van der Waals surface area contributed by atoms with Gasteiger partial charge in [0.15, 0.2) is 0 Å². The molecule has 0 bridgehead atoms. The Morgan fingerprint density at radius 3 is 2.56 bits per heavy atom. The number of likely N-dealkylation sites (tertiary alicyclic amines) is 1. The third-order valence-corrected chi connectivity index (χ3v) is 4.60. The predicted octanol–water partition coefficient (Wildman–Crippen LogP) is 2.85. The molecule has 25 heavy (non-hydrogen) atoms. The zero-order valence-electron chi connectivity index (χ0n) is 14.0. The number of aryl methyl sites for hydroxylation is 1. The number of benzene rings is 1. The summed E-state index contributed by atoms with van der Waals surface area (Å²) in [4.78, 5) is 26.1. The molecule has 0 spiro atoms. The second-order valence-corrected chi connectivity index (χ2v) is 6.43. The number of carbonyl (C=O) groups is 1. The minimum Gasteiger partial charge on any atom is -0.338 e. The summed E-state index contributed by atoms with van der Waals surface area (Å²) in [6, 6.07) is 6.53. The fourth-order valence-corrected chi connectivity index (χ4v) is 3.33. The fraction of sp³-hybridized carbons (Fsp3) is 0.368. The van der Waals surface area contributed by atoms with Crippen molar-refractivity contribution in [1.82, 2.24) is 9.47 Å². The summed E-state index contributed by atoms with van der Waals surface area (Å²) in [6.45, 7) is 3.53. The Hall–Kier alpha value is -2.50. The zero-order chi connectivity index (χ0) is 18.0. The van der Waals surface area contributed by atoms with Crippen LogP contribution in [-0.4, -0.2) is 28.5 Å². The second-order valence-electron chi connectivity index (χ2n) is 6.43. The van der Waals surface area contributed by atoms with Gasteiger partial charge in [-0.2, -0.15) is 0 Å². The molecule has 132 valence electrons. The lowest BCUT2D eigenvalue weighted by atomic mass is 9.98. The summed E-state index contributed by atoms with van der Waals surface area (Å²) in [5.41, 5.74) is 0.786. The van der Waals surface area contributed by atoms with Crippen LogP contribution in [0.5, 0.6) is 0 Å². The van der Waals surface area contributed by atoms with Crippen LogP contribution in [0.3, 0.4) is 0 Å². The molecule has 2 aromatic rings. The van der Waals surface area contributed by atoms with E-state index in [0.29, 0.717) is 37.2 Å². The predicted molar refractivity (Wildman–Crippen MR) is 90.4 cm³/mol. The smallest absolute Gasteiger partial charge is 0.254 e. The molecule has 1 amide bonds. The molecule has 1 atom stereocenters. The number of halogens is 2. The molecule has 0 N–H and O–H groups in total. The van der Waals surface area contributed by atoms with E-state index in [1.807, 2.05) is 6.92 Å². The first-order valence-electron chi connectivity index (χ1n) is 8.41. The summed E-state index contributed by atoms with van der Waals surface area (Å²) < 4.78 is 28.1. The number of rotatable bonds is 4. The molecular formula is C19H20F2N2O2. The highest BCUT2D eigenvalue weighted by Crippen LogP contribution is 2.23. The first kappa shape index (κ1) is 17.3. The highest BCUT2D eigenvalue weighted by molar-refractivity contribution is 5.94. The van der Waals surface area contributed by atoms with Crippen molar-refractivity contribution in [2.75, 3.05) is 13.1 Å². The van der Waals surface area contributed by atoms with Crippen LogP contribution in [0.15, 0.2) is 41.3 Å². The van der Waals surface area contributed by atoms with Gasteiger partial charge in [-0.1, -0.05) is 0 Å². The maximum Gasteiger partial charge on any atom is 0.254 e. The van der Waals surface area contributed by atoms with Gasteiger partial charge in [0, 0.05) is 43.5 Å². The van der Waals surface area contributed by atoms with Gasteiger partial charge in [-0.25, -0.2) is 8.78 Å². The standard InChI is InChI=1S/C19H20F2N2O2/c1-2-22-6-4-15(10-18(22)24)19(25)23-5-3-13(12-23)7-14-8-16(20)11-17(21)9-14/h4,6,8-11,13H,2-3,5,7,12H2,1H3. The lowest BCUT2D eigenvalue weighted by Gasteiger charge is -2.17. The Bertz CT molecular complexity index is 827. The summed E-state index contributed by atoms with van der Waals surface area (Å²) in [7, 11) is 0. The molecule has 1 fully saturated rings. The van der Waals surface area contributed by atoms with Gasteiger partial charge in [0.05, 0.1) is 0 Å². The molecular weight excluding hydrogens is 326 g/mol. The first-order chi connectivity index (χ1) is 12.0. The normalized spacial score (nSPS) is 17.1. The van der Waals surface area contributed by atoms with Gasteiger partial charge in [-0.15, -0.1) is 0 Å². The maximum absolute atomic E-state index is 13.3. The van der Waals surface area contributed by atoms with Crippen molar-refractivity contribution in [3.05, 3.63) is 69.6 Å². The van der Waals surface area contributed by atoms with E-state index >= 15 is 0 Å². The van der Waals surface area contributed by atoms with E-state index in [2.05, 4.69) is 0 Å². The van der Waals surface area contributed by atoms with Crippen LogP contribution in [0.4, 0.5) is 8.78 Å². The number of amides is 1. The highest BCUT2D eigenvalue weighted by Gasteiger charge is 2.27. The average Bonchev–Trinajstić information content (AvgIpc) is 3.01. The molecule has 1 aromatic heterocycles. The number of hydrogen-bond donors (Lipinski definition) is 0. The van der Waals surface area contributed by atoms with E-state index in [9.17, 15) is 18.4 Å². The van der Waals surface area contributed by atoms with Crippen molar-refractivity contribution in [3.8, 4) is 0 Å². The molecule has 0 radical (unpaired) electrons. The largest absolute Gasteiger partial charge is 0.338 e. The Balaban J connectivity index is 1.67. The third-order valence-electron chi connectivity index (χ3n) is 4.60. The molecule has 0 saturated carbocycles. The van der Waals surface area contributed by atoms with Gasteiger partial charge in [0.25, 0.3) is 11.5 Å². The van der Waals surface area contributed by atoms with Crippen LogP contribution in [0.25, 0.3) is 0 Å². The lowest BCUT2D eigenvalue weighted by molar-refractivity contribution is 0.0786. The highest BCUT2D eigenvalue weighted by atomic mass is 19.1. The SMILES string of the molecule is CCn1ccc(C(=O)N2CCC(Cc3cc(F)cc(F)c3)C2)cc1=O. The average molecular weight is 346 g/mol. The third kappa shape index (κ3) is 3.95. The van der Waals surface area contributed by atoms with Crippen LogP contribution in [-0.2, 0) is 13.0 Å². The van der Waals surface area contributed by atoms with Gasteiger partial charge in [0.1, 0.15) is 11.6 Å². The number of carbonyl (C=O) groups excluding carboxylic acids is 1. The van der Waals surface area contributed by atoms with Crippen molar-refractivity contribution in [2.45, 2.75) is 26.3 Å².